The lowest BCUT2D eigenvalue weighted by Crippen LogP contribution is -2.32. The molecule has 1 amide bonds. The quantitative estimate of drug-likeness (QED) is 0.393. The second-order valence-electron chi connectivity index (χ2n) is 8.49. The molecule has 0 saturated heterocycles. The van der Waals surface area contributed by atoms with Crippen molar-refractivity contribution in [2.24, 2.45) is 0 Å². The lowest BCUT2D eigenvalue weighted by molar-refractivity contribution is 0.0942. The van der Waals surface area contributed by atoms with E-state index >= 15 is 0 Å². The van der Waals surface area contributed by atoms with Gasteiger partial charge in [-0.3, -0.25) is 14.4 Å². The number of fused-ring (bicyclic) bond motifs is 1. The molecule has 0 aliphatic carbocycles. The number of benzene rings is 2. The number of carbonyl (C=O) groups is 1. The number of ether oxygens (including phenoxy) is 1. The van der Waals surface area contributed by atoms with Gasteiger partial charge in [-0.1, -0.05) is 36.4 Å². The topological polar surface area (TPSA) is 92.5 Å². The third kappa shape index (κ3) is 5.21. The van der Waals surface area contributed by atoms with Crippen LogP contribution in [0.25, 0.3) is 0 Å². The zero-order chi connectivity index (χ0) is 24.2. The van der Waals surface area contributed by atoms with Gasteiger partial charge in [-0.2, -0.15) is 5.10 Å². The summed E-state index contributed by atoms with van der Waals surface area (Å²) in [6.45, 7) is 3.10. The minimum Gasteiger partial charge on any atom is -0.504 e. The van der Waals surface area contributed by atoms with Crippen molar-refractivity contribution in [2.45, 2.75) is 32.6 Å². The maximum atomic E-state index is 13.2. The molecule has 0 unspecified atom stereocenters. The van der Waals surface area contributed by atoms with Crippen molar-refractivity contribution in [2.75, 3.05) is 13.7 Å². The van der Waals surface area contributed by atoms with E-state index in [1.165, 1.54) is 18.4 Å². The van der Waals surface area contributed by atoms with Crippen LogP contribution in [0.15, 0.2) is 60.1 Å². The van der Waals surface area contributed by atoms with Gasteiger partial charge in [0.05, 0.1) is 20.2 Å². The number of rotatable bonds is 8. The molecule has 3 heterocycles. The van der Waals surface area contributed by atoms with Gasteiger partial charge >= 0.3 is 0 Å². The van der Waals surface area contributed by atoms with Crippen molar-refractivity contribution in [1.82, 2.24) is 25.0 Å². The Morgan fingerprint density at radius 1 is 1.17 bits per heavy atom. The number of nitrogens with zero attached hydrogens (tertiary/aromatic N) is 4. The molecule has 0 radical (unpaired) electrons. The molecular weight excluding hydrogens is 462 g/mol. The third-order valence-electron chi connectivity index (χ3n) is 6.14. The average Bonchev–Trinajstić information content (AvgIpc) is 3.52. The molecule has 0 bridgehead atoms. The number of phenols is 1. The summed E-state index contributed by atoms with van der Waals surface area (Å²) in [6, 6.07) is 15.6. The van der Waals surface area contributed by atoms with Crippen molar-refractivity contribution < 1.29 is 14.6 Å². The van der Waals surface area contributed by atoms with E-state index < -0.39 is 0 Å². The van der Waals surface area contributed by atoms with E-state index in [-0.39, 0.29) is 11.7 Å². The highest BCUT2D eigenvalue weighted by Gasteiger charge is 2.28. The molecule has 180 valence electrons. The van der Waals surface area contributed by atoms with Crippen molar-refractivity contribution in [1.29, 1.82) is 0 Å². The molecule has 1 aliphatic rings. The van der Waals surface area contributed by atoms with Gasteiger partial charge < -0.3 is 15.2 Å². The van der Waals surface area contributed by atoms with E-state index in [0.717, 1.165) is 40.4 Å². The maximum Gasteiger partial charge on any atom is 0.272 e. The van der Waals surface area contributed by atoms with Crippen LogP contribution in [0.3, 0.4) is 0 Å². The summed E-state index contributed by atoms with van der Waals surface area (Å²) in [7, 11) is 1.54. The SMILES string of the molecule is COc1ccc(CN2CCc3c(c(C(=O)NCc4nccs4)nn3Cc3ccccc3)C2)cc1O. The monoisotopic (exact) mass is 489 g/mol. The van der Waals surface area contributed by atoms with Crippen molar-refractivity contribution in [3.63, 3.8) is 0 Å². The van der Waals surface area contributed by atoms with Crippen LogP contribution in [-0.2, 0) is 32.6 Å². The summed E-state index contributed by atoms with van der Waals surface area (Å²) in [4.78, 5) is 19.7. The van der Waals surface area contributed by atoms with Gasteiger partial charge in [0, 0.05) is 48.9 Å². The Hall–Kier alpha value is -3.69. The van der Waals surface area contributed by atoms with E-state index in [2.05, 4.69) is 27.3 Å². The summed E-state index contributed by atoms with van der Waals surface area (Å²) >= 11 is 1.51. The Morgan fingerprint density at radius 2 is 2.03 bits per heavy atom. The molecule has 35 heavy (non-hydrogen) atoms. The molecule has 1 aliphatic heterocycles. The lowest BCUT2D eigenvalue weighted by Gasteiger charge is -2.28. The fourth-order valence-corrected chi connectivity index (χ4v) is 4.98. The number of carbonyl (C=O) groups excluding carboxylic acids is 1. The molecule has 4 aromatic rings. The fraction of sp³-hybridized carbons (Fsp3) is 0.269. The number of amides is 1. The summed E-state index contributed by atoms with van der Waals surface area (Å²) in [5.41, 5.74) is 4.65. The van der Waals surface area contributed by atoms with Gasteiger partial charge in [0.15, 0.2) is 17.2 Å². The smallest absolute Gasteiger partial charge is 0.272 e. The van der Waals surface area contributed by atoms with Gasteiger partial charge in [0.2, 0.25) is 0 Å². The minimum absolute atomic E-state index is 0.126. The number of aromatic nitrogens is 3. The second-order valence-corrected chi connectivity index (χ2v) is 9.47. The number of aromatic hydroxyl groups is 1. The minimum atomic E-state index is -0.188. The normalized spacial score (nSPS) is 13.4. The first-order valence-corrected chi connectivity index (χ1v) is 12.4. The highest BCUT2D eigenvalue weighted by Crippen LogP contribution is 2.29. The van der Waals surface area contributed by atoms with Crippen LogP contribution in [0.4, 0.5) is 0 Å². The number of nitrogens with one attached hydrogen (secondary N) is 1. The Kier molecular flexibility index (Phi) is 6.78. The van der Waals surface area contributed by atoms with Crippen LogP contribution in [0.5, 0.6) is 11.5 Å². The predicted molar refractivity (Wildman–Crippen MR) is 134 cm³/mol. The Labute approximate surface area is 207 Å². The molecule has 5 rings (SSSR count). The van der Waals surface area contributed by atoms with E-state index in [1.807, 2.05) is 34.3 Å². The standard InChI is InChI=1S/C26H27N5O3S/c1-34-23-8-7-19(13-22(23)32)15-30-11-9-21-20(17-30)25(26(33)28-14-24-27-10-12-35-24)29-31(21)16-18-5-3-2-4-6-18/h2-8,10,12-13,32H,9,11,14-17H2,1H3,(H,28,33). The maximum absolute atomic E-state index is 13.2. The van der Waals surface area contributed by atoms with Gasteiger partial charge in [0.25, 0.3) is 5.91 Å². The first-order valence-electron chi connectivity index (χ1n) is 11.5. The van der Waals surface area contributed by atoms with Crippen LogP contribution in [0, 0.1) is 0 Å². The van der Waals surface area contributed by atoms with E-state index in [0.29, 0.717) is 37.6 Å². The van der Waals surface area contributed by atoms with Crippen LogP contribution < -0.4 is 10.1 Å². The molecular formula is C26H27N5O3S. The van der Waals surface area contributed by atoms with Crippen LogP contribution in [0.2, 0.25) is 0 Å². The third-order valence-corrected chi connectivity index (χ3v) is 6.92. The average molecular weight is 490 g/mol. The number of methoxy groups -OCH3 is 1. The van der Waals surface area contributed by atoms with Crippen LogP contribution in [-0.4, -0.2) is 44.3 Å². The molecule has 2 N–H and O–H groups in total. The number of phenolic OH excluding ortho intramolecular Hbond substituents is 1. The molecule has 2 aromatic carbocycles. The molecule has 8 nitrogen and oxygen atoms in total. The summed E-state index contributed by atoms with van der Waals surface area (Å²) < 4.78 is 7.13. The molecule has 9 heteroatoms. The summed E-state index contributed by atoms with van der Waals surface area (Å²) in [5.74, 6) is 0.392. The van der Waals surface area contributed by atoms with E-state index in [1.54, 1.807) is 18.3 Å². The molecule has 2 aromatic heterocycles. The number of hydrogen-bond acceptors (Lipinski definition) is 7. The first-order chi connectivity index (χ1) is 17.1. The molecule has 0 saturated carbocycles. The van der Waals surface area contributed by atoms with Gasteiger partial charge in [-0.25, -0.2) is 4.98 Å². The van der Waals surface area contributed by atoms with Gasteiger partial charge in [-0.15, -0.1) is 11.3 Å². The Bertz CT molecular complexity index is 1300. The van der Waals surface area contributed by atoms with Crippen LogP contribution >= 0.6 is 11.3 Å². The predicted octanol–water partition coefficient (Wildman–Crippen LogP) is 3.59. The number of thiazole rings is 1. The Balaban J connectivity index is 1.39. The van der Waals surface area contributed by atoms with Crippen molar-refractivity contribution in [3.8, 4) is 11.5 Å². The second kappa shape index (κ2) is 10.3. The van der Waals surface area contributed by atoms with Gasteiger partial charge in [-0.05, 0) is 23.3 Å². The lowest BCUT2D eigenvalue weighted by atomic mass is 10.0. The first kappa shape index (κ1) is 23.1. The van der Waals surface area contributed by atoms with Crippen molar-refractivity contribution >= 4 is 17.2 Å². The molecule has 0 atom stereocenters. The zero-order valence-electron chi connectivity index (χ0n) is 19.5. The highest BCUT2D eigenvalue weighted by molar-refractivity contribution is 7.09. The zero-order valence-corrected chi connectivity index (χ0v) is 20.3. The Morgan fingerprint density at radius 3 is 2.77 bits per heavy atom. The molecule has 0 spiro atoms. The summed E-state index contributed by atoms with van der Waals surface area (Å²) in [6.07, 6.45) is 2.52. The largest absolute Gasteiger partial charge is 0.504 e. The van der Waals surface area contributed by atoms with Crippen molar-refractivity contribution in [3.05, 3.63) is 93.2 Å². The van der Waals surface area contributed by atoms with Gasteiger partial charge in [0.1, 0.15) is 5.01 Å². The van der Waals surface area contributed by atoms with E-state index in [4.69, 9.17) is 9.84 Å². The molecule has 0 fully saturated rings. The summed E-state index contributed by atoms with van der Waals surface area (Å²) in [5, 5.41) is 20.7. The van der Waals surface area contributed by atoms with Crippen LogP contribution in [0.1, 0.15) is 37.9 Å². The highest BCUT2D eigenvalue weighted by atomic mass is 32.1. The fourth-order valence-electron chi connectivity index (χ4n) is 4.42. The van der Waals surface area contributed by atoms with E-state index in [9.17, 15) is 9.90 Å². The number of hydrogen-bond donors (Lipinski definition) is 2.